The first-order valence-corrected chi connectivity index (χ1v) is 6.70. The molecule has 2 heterocycles. The molecule has 0 saturated carbocycles. The monoisotopic (exact) mass is 307 g/mol. The number of aromatic nitrogens is 1. The number of halogens is 4. The SMILES string of the molecule is OC(CN1CCCN(c2ncccc2F)CC1)C(F)(F)F. The van der Waals surface area contributed by atoms with Gasteiger partial charge in [0, 0.05) is 38.9 Å². The Kier molecular flexibility index (Phi) is 5.00. The number of pyridine rings is 1. The first-order valence-electron chi connectivity index (χ1n) is 6.70. The lowest BCUT2D eigenvalue weighted by Crippen LogP contribution is -2.42. The summed E-state index contributed by atoms with van der Waals surface area (Å²) in [7, 11) is 0. The number of β-amino-alcohol motifs (C(OH)–C–C–N with tert-alkyl or cyclic N) is 1. The number of aliphatic hydroxyl groups is 1. The molecule has 1 aliphatic heterocycles. The molecule has 2 rings (SSSR count). The average molecular weight is 307 g/mol. The summed E-state index contributed by atoms with van der Waals surface area (Å²) in [6.45, 7) is 1.19. The van der Waals surface area contributed by atoms with Crippen molar-refractivity contribution in [2.75, 3.05) is 37.6 Å². The molecular formula is C13H17F4N3O. The first kappa shape index (κ1) is 16.0. The van der Waals surface area contributed by atoms with Crippen LogP contribution in [0.25, 0.3) is 0 Å². The van der Waals surface area contributed by atoms with Crippen molar-refractivity contribution < 1.29 is 22.7 Å². The van der Waals surface area contributed by atoms with Crippen molar-refractivity contribution >= 4 is 5.82 Å². The summed E-state index contributed by atoms with van der Waals surface area (Å²) in [5.41, 5.74) is 0. The zero-order valence-corrected chi connectivity index (χ0v) is 11.4. The minimum Gasteiger partial charge on any atom is -0.382 e. The molecule has 118 valence electrons. The zero-order valence-electron chi connectivity index (χ0n) is 11.4. The van der Waals surface area contributed by atoms with Gasteiger partial charge >= 0.3 is 6.18 Å². The summed E-state index contributed by atoms with van der Waals surface area (Å²) < 4.78 is 50.7. The fourth-order valence-corrected chi connectivity index (χ4v) is 2.32. The summed E-state index contributed by atoms with van der Waals surface area (Å²) >= 11 is 0. The van der Waals surface area contributed by atoms with E-state index in [0.29, 0.717) is 32.6 Å². The van der Waals surface area contributed by atoms with Crippen molar-refractivity contribution in [2.24, 2.45) is 0 Å². The summed E-state index contributed by atoms with van der Waals surface area (Å²) in [5, 5.41) is 9.10. The number of hydrogen-bond donors (Lipinski definition) is 1. The maximum atomic E-state index is 13.7. The van der Waals surface area contributed by atoms with Crippen LogP contribution >= 0.6 is 0 Å². The molecule has 1 aromatic rings. The average Bonchev–Trinajstić information content (AvgIpc) is 2.64. The molecule has 1 saturated heterocycles. The molecular weight excluding hydrogens is 290 g/mol. The van der Waals surface area contributed by atoms with Crippen molar-refractivity contribution in [2.45, 2.75) is 18.7 Å². The molecule has 0 spiro atoms. The smallest absolute Gasteiger partial charge is 0.382 e. The van der Waals surface area contributed by atoms with E-state index in [0.717, 1.165) is 0 Å². The lowest BCUT2D eigenvalue weighted by atomic mass is 10.3. The molecule has 1 atom stereocenters. The number of nitrogens with zero attached hydrogens (tertiary/aromatic N) is 3. The Balaban J connectivity index is 1.95. The molecule has 1 aliphatic rings. The highest BCUT2D eigenvalue weighted by Crippen LogP contribution is 2.22. The van der Waals surface area contributed by atoms with Crippen LogP contribution in [0.2, 0.25) is 0 Å². The lowest BCUT2D eigenvalue weighted by Gasteiger charge is -2.25. The quantitative estimate of drug-likeness (QED) is 0.862. The van der Waals surface area contributed by atoms with E-state index in [2.05, 4.69) is 4.98 Å². The van der Waals surface area contributed by atoms with Crippen LogP contribution < -0.4 is 4.90 Å². The predicted octanol–water partition coefficient (Wildman–Crippen LogP) is 1.66. The standard InChI is InChI=1S/C13H17F4N3O/c14-10-3-1-4-18-12(10)20-6-2-5-19(7-8-20)9-11(21)13(15,16)17/h1,3-4,11,21H,2,5-9H2. The Hall–Kier alpha value is -1.41. The number of aliphatic hydroxyl groups excluding tert-OH is 1. The minimum absolute atomic E-state index is 0.218. The highest BCUT2D eigenvalue weighted by atomic mass is 19.4. The van der Waals surface area contributed by atoms with Crippen LogP contribution in [-0.2, 0) is 0 Å². The number of rotatable bonds is 3. The van der Waals surface area contributed by atoms with Gasteiger partial charge < -0.3 is 10.0 Å². The van der Waals surface area contributed by atoms with Crippen LogP contribution in [0, 0.1) is 5.82 Å². The first-order chi connectivity index (χ1) is 9.88. The topological polar surface area (TPSA) is 39.6 Å². The van der Waals surface area contributed by atoms with Gasteiger partial charge in [-0.2, -0.15) is 13.2 Å². The Labute approximate surface area is 120 Å². The molecule has 0 bridgehead atoms. The van der Waals surface area contributed by atoms with Gasteiger partial charge in [-0.15, -0.1) is 0 Å². The highest BCUT2D eigenvalue weighted by Gasteiger charge is 2.39. The zero-order chi connectivity index (χ0) is 15.5. The third kappa shape index (κ3) is 4.28. The Morgan fingerprint density at radius 1 is 1.24 bits per heavy atom. The van der Waals surface area contributed by atoms with Gasteiger partial charge in [0.2, 0.25) is 0 Å². The summed E-state index contributed by atoms with van der Waals surface area (Å²) in [5.74, 6) is -0.225. The third-order valence-corrected chi connectivity index (χ3v) is 3.44. The van der Waals surface area contributed by atoms with Gasteiger partial charge in [-0.25, -0.2) is 9.37 Å². The van der Waals surface area contributed by atoms with Gasteiger partial charge in [0.25, 0.3) is 0 Å². The van der Waals surface area contributed by atoms with E-state index in [1.165, 1.54) is 18.3 Å². The number of anilines is 1. The Bertz CT molecular complexity index is 469. The van der Waals surface area contributed by atoms with E-state index in [-0.39, 0.29) is 5.82 Å². The Morgan fingerprint density at radius 3 is 2.67 bits per heavy atom. The molecule has 0 radical (unpaired) electrons. The van der Waals surface area contributed by atoms with Gasteiger partial charge in [-0.3, -0.25) is 4.90 Å². The molecule has 0 aromatic carbocycles. The third-order valence-electron chi connectivity index (χ3n) is 3.44. The van der Waals surface area contributed by atoms with E-state index in [1.54, 1.807) is 9.80 Å². The fourth-order valence-electron chi connectivity index (χ4n) is 2.32. The van der Waals surface area contributed by atoms with Crippen molar-refractivity contribution in [3.05, 3.63) is 24.1 Å². The van der Waals surface area contributed by atoms with Gasteiger partial charge in [-0.1, -0.05) is 0 Å². The summed E-state index contributed by atoms with van der Waals surface area (Å²) in [4.78, 5) is 7.23. The van der Waals surface area contributed by atoms with E-state index in [4.69, 9.17) is 5.11 Å². The van der Waals surface area contributed by atoms with Crippen LogP contribution in [0.5, 0.6) is 0 Å². The van der Waals surface area contributed by atoms with Gasteiger partial charge in [-0.05, 0) is 18.6 Å². The van der Waals surface area contributed by atoms with Crippen LogP contribution in [-0.4, -0.2) is 60.0 Å². The van der Waals surface area contributed by atoms with Crippen LogP contribution in [0.1, 0.15) is 6.42 Å². The maximum absolute atomic E-state index is 13.7. The molecule has 1 aromatic heterocycles. The molecule has 1 fully saturated rings. The Morgan fingerprint density at radius 2 is 2.00 bits per heavy atom. The molecule has 1 unspecified atom stereocenters. The molecule has 8 heteroatoms. The van der Waals surface area contributed by atoms with E-state index in [1.807, 2.05) is 0 Å². The van der Waals surface area contributed by atoms with Crippen molar-refractivity contribution in [3.8, 4) is 0 Å². The van der Waals surface area contributed by atoms with Crippen LogP contribution in [0.15, 0.2) is 18.3 Å². The largest absolute Gasteiger partial charge is 0.415 e. The van der Waals surface area contributed by atoms with Gasteiger partial charge in [0.1, 0.15) is 0 Å². The number of alkyl halides is 3. The second-order valence-corrected chi connectivity index (χ2v) is 5.01. The maximum Gasteiger partial charge on any atom is 0.415 e. The summed E-state index contributed by atoms with van der Waals surface area (Å²) in [6.07, 6.45) is -4.90. The predicted molar refractivity (Wildman–Crippen MR) is 69.5 cm³/mol. The molecule has 0 aliphatic carbocycles. The second-order valence-electron chi connectivity index (χ2n) is 5.01. The van der Waals surface area contributed by atoms with Crippen molar-refractivity contribution in [1.82, 2.24) is 9.88 Å². The lowest BCUT2D eigenvalue weighted by molar-refractivity contribution is -0.208. The number of hydrogen-bond acceptors (Lipinski definition) is 4. The van der Waals surface area contributed by atoms with Gasteiger partial charge in [0.15, 0.2) is 17.7 Å². The van der Waals surface area contributed by atoms with Gasteiger partial charge in [0.05, 0.1) is 0 Å². The van der Waals surface area contributed by atoms with Crippen LogP contribution in [0.4, 0.5) is 23.4 Å². The minimum atomic E-state index is -4.61. The van der Waals surface area contributed by atoms with E-state index >= 15 is 0 Å². The van der Waals surface area contributed by atoms with Crippen molar-refractivity contribution in [3.63, 3.8) is 0 Å². The second kappa shape index (κ2) is 6.57. The van der Waals surface area contributed by atoms with Crippen LogP contribution in [0.3, 0.4) is 0 Å². The normalized spacial score (nSPS) is 19.4. The molecule has 0 amide bonds. The van der Waals surface area contributed by atoms with Crippen molar-refractivity contribution in [1.29, 1.82) is 0 Å². The molecule has 4 nitrogen and oxygen atoms in total. The van der Waals surface area contributed by atoms with E-state index < -0.39 is 24.6 Å². The van der Waals surface area contributed by atoms with E-state index in [9.17, 15) is 17.6 Å². The molecule has 21 heavy (non-hydrogen) atoms. The summed E-state index contributed by atoms with van der Waals surface area (Å²) in [6, 6.07) is 2.79. The fraction of sp³-hybridized carbons (Fsp3) is 0.615. The highest BCUT2D eigenvalue weighted by molar-refractivity contribution is 5.39. The molecule has 1 N–H and O–H groups in total.